The number of carboxylic acid groups (broad SMARTS) is 1. The van der Waals surface area contributed by atoms with Crippen LogP contribution in [0.5, 0.6) is 11.5 Å². The summed E-state index contributed by atoms with van der Waals surface area (Å²) in [7, 11) is 1.44. The first-order valence-electron chi connectivity index (χ1n) is 5.88. The van der Waals surface area contributed by atoms with Gasteiger partial charge >= 0.3 is 5.97 Å². The summed E-state index contributed by atoms with van der Waals surface area (Å²) in [4.78, 5) is 11.1. The zero-order valence-electron chi connectivity index (χ0n) is 10.8. The molecule has 2 aromatic carbocycles. The summed E-state index contributed by atoms with van der Waals surface area (Å²) in [6, 6.07) is 12.4. The van der Waals surface area contributed by atoms with Crippen LogP contribution in [0.1, 0.15) is 15.9 Å². The fraction of sp³-hybridized carbons (Fsp3) is 0.133. The first-order valence-corrected chi connectivity index (χ1v) is 6.68. The third kappa shape index (κ3) is 3.51. The number of hydrogen-bond donors (Lipinski definition) is 1. The van der Waals surface area contributed by atoms with Crippen molar-refractivity contribution in [2.24, 2.45) is 0 Å². The molecule has 0 aromatic heterocycles. The lowest BCUT2D eigenvalue weighted by molar-refractivity contribution is 0.0693. The van der Waals surface area contributed by atoms with E-state index in [0.717, 1.165) is 10.0 Å². The van der Waals surface area contributed by atoms with Crippen LogP contribution in [0.15, 0.2) is 46.9 Å². The van der Waals surface area contributed by atoms with E-state index in [0.29, 0.717) is 18.1 Å². The van der Waals surface area contributed by atoms with Crippen LogP contribution >= 0.6 is 15.9 Å². The number of rotatable bonds is 5. The van der Waals surface area contributed by atoms with Crippen molar-refractivity contribution in [2.45, 2.75) is 6.61 Å². The Labute approximate surface area is 125 Å². The van der Waals surface area contributed by atoms with Gasteiger partial charge in [-0.05, 0) is 35.9 Å². The quantitative estimate of drug-likeness (QED) is 0.903. The maximum absolute atomic E-state index is 11.1. The minimum atomic E-state index is -1.02. The Hall–Kier alpha value is -2.01. The lowest BCUT2D eigenvalue weighted by Crippen LogP contribution is -2.03. The summed E-state index contributed by atoms with van der Waals surface area (Å²) >= 11 is 3.36. The third-order valence-electron chi connectivity index (χ3n) is 2.70. The monoisotopic (exact) mass is 336 g/mol. The standard InChI is InChI=1S/C15H13BrO4/c1-19-14-6-5-10(7-13(14)15(17)18)9-20-12-4-2-3-11(16)8-12/h2-8H,9H2,1H3,(H,17,18). The number of carboxylic acids is 1. The molecule has 0 aliphatic heterocycles. The minimum Gasteiger partial charge on any atom is -0.496 e. The van der Waals surface area contributed by atoms with E-state index >= 15 is 0 Å². The molecule has 0 atom stereocenters. The predicted molar refractivity (Wildman–Crippen MR) is 78.4 cm³/mol. The molecule has 0 unspecified atom stereocenters. The molecule has 0 bridgehead atoms. The van der Waals surface area contributed by atoms with E-state index in [2.05, 4.69) is 15.9 Å². The summed E-state index contributed by atoms with van der Waals surface area (Å²) in [5.74, 6) is 0.0296. The molecule has 0 saturated carbocycles. The molecule has 0 saturated heterocycles. The second kappa shape index (κ2) is 6.43. The minimum absolute atomic E-state index is 0.128. The molecule has 0 aliphatic carbocycles. The van der Waals surface area contributed by atoms with Gasteiger partial charge in [-0.2, -0.15) is 0 Å². The molecule has 0 spiro atoms. The molecule has 0 aliphatic rings. The largest absolute Gasteiger partial charge is 0.496 e. The highest BCUT2D eigenvalue weighted by Gasteiger charge is 2.11. The summed E-state index contributed by atoms with van der Waals surface area (Å²) in [5.41, 5.74) is 0.894. The van der Waals surface area contributed by atoms with E-state index in [9.17, 15) is 4.79 Å². The van der Waals surface area contributed by atoms with Gasteiger partial charge in [0.2, 0.25) is 0 Å². The van der Waals surface area contributed by atoms with Gasteiger partial charge in [0.25, 0.3) is 0 Å². The van der Waals surface area contributed by atoms with Gasteiger partial charge in [-0.3, -0.25) is 0 Å². The molecule has 0 heterocycles. The second-order valence-electron chi connectivity index (χ2n) is 4.09. The molecule has 104 valence electrons. The van der Waals surface area contributed by atoms with Gasteiger partial charge in [0, 0.05) is 4.47 Å². The van der Waals surface area contributed by atoms with Gasteiger partial charge in [0.05, 0.1) is 7.11 Å². The third-order valence-corrected chi connectivity index (χ3v) is 3.19. The van der Waals surface area contributed by atoms with Crippen molar-refractivity contribution in [3.63, 3.8) is 0 Å². The van der Waals surface area contributed by atoms with Gasteiger partial charge in [0.1, 0.15) is 23.7 Å². The highest BCUT2D eigenvalue weighted by Crippen LogP contribution is 2.22. The van der Waals surface area contributed by atoms with Crippen LogP contribution < -0.4 is 9.47 Å². The number of aromatic carboxylic acids is 1. The second-order valence-corrected chi connectivity index (χ2v) is 5.00. The Morgan fingerprint density at radius 3 is 2.70 bits per heavy atom. The zero-order valence-corrected chi connectivity index (χ0v) is 12.4. The molecule has 20 heavy (non-hydrogen) atoms. The molecule has 5 heteroatoms. The molecule has 0 fully saturated rings. The van der Waals surface area contributed by atoms with Gasteiger partial charge in [0.15, 0.2) is 0 Å². The Morgan fingerprint density at radius 1 is 1.25 bits per heavy atom. The first kappa shape index (κ1) is 14.4. The van der Waals surface area contributed by atoms with Crippen LogP contribution in [0.25, 0.3) is 0 Å². The fourth-order valence-corrected chi connectivity index (χ4v) is 2.11. The number of carbonyl (C=O) groups is 1. The van der Waals surface area contributed by atoms with E-state index in [4.69, 9.17) is 14.6 Å². The SMILES string of the molecule is COc1ccc(COc2cccc(Br)c2)cc1C(=O)O. The number of hydrogen-bond acceptors (Lipinski definition) is 3. The molecule has 0 radical (unpaired) electrons. The molecule has 1 N–H and O–H groups in total. The van der Waals surface area contributed by atoms with Gasteiger partial charge in [-0.25, -0.2) is 4.79 Å². The number of benzene rings is 2. The normalized spacial score (nSPS) is 10.1. The van der Waals surface area contributed by atoms with Crippen molar-refractivity contribution >= 4 is 21.9 Å². The van der Waals surface area contributed by atoms with E-state index in [1.165, 1.54) is 7.11 Å². The van der Waals surface area contributed by atoms with Crippen molar-refractivity contribution in [1.29, 1.82) is 0 Å². The van der Waals surface area contributed by atoms with E-state index in [1.807, 2.05) is 24.3 Å². The molecule has 4 nitrogen and oxygen atoms in total. The number of halogens is 1. The average molecular weight is 337 g/mol. The smallest absolute Gasteiger partial charge is 0.339 e. The Balaban J connectivity index is 2.14. The van der Waals surface area contributed by atoms with Crippen LogP contribution in [0.2, 0.25) is 0 Å². The number of ether oxygens (including phenoxy) is 2. The van der Waals surface area contributed by atoms with Crippen LogP contribution in [0.3, 0.4) is 0 Å². The maximum Gasteiger partial charge on any atom is 0.339 e. The van der Waals surface area contributed by atoms with E-state index in [-0.39, 0.29) is 5.56 Å². The molecular weight excluding hydrogens is 324 g/mol. The zero-order chi connectivity index (χ0) is 14.5. The van der Waals surface area contributed by atoms with Crippen molar-refractivity contribution in [3.8, 4) is 11.5 Å². The Kier molecular flexibility index (Phi) is 4.63. The van der Waals surface area contributed by atoms with Crippen molar-refractivity contribution in [2.75, 3.05) is 7.11 Å². The Morgan fingerprint density at radius 2 is 2.05 bits per heavy atom. The van der Waals surface area contributed by atoms with Gasteiger partial charge in [-0.15, -0.1) is 0 Å². The average Bonchev–Trinajstić information content (AvgIpc) is 2.45. The first-order chi connectivity index (χ1) is 9.60. The summed E-state index contributed by atoms with van der Waals surface area (Å²) < 4.78 is 11.6. The topological polar surface area (TPSA) is 55.8 Å². The van der Waals surface area contributed by atoms with Crippen LogP contribution in [-0.2, 0) is 6.61 Å². The summed E-state index contributed by atoms with van der Waals surface area (Å²) in [6.45, 7) is 0.292. The van der Waals surface area contributed by atoms with Crippen LogP contribution in [-0.4, -0.2) is 18.2 Å². The van der Waals surface area contributed by atoms with Crippen molar-refractivity contribution < 1.29 is 19.4 Å². The Bertz CT molecular complexity index is 625. The van der Waals surface area contributed by atoms with Gasteiger partial charge < -0.3 is 14.6 Å². The predicted octanol–water partition coefficient (Wildman–Crippen LogP) is 3.73. The molecule has 2 aromatic rings. The summed E-state index contributed by atoms with van der Waals surface area (Å²) in [5, 5.41) is 9.12. The van der Waals surface area contributed by atoms with E-state index in [1.54, 1.807) is 18.2 Å². The lowest BCUT2D eigenvalue weighted by atomic mass is 10.1. The van der Waals surface area contributed by atoms with Crippen LogP contribution in [0.4, 0.5) is 0 Å². The lowest BCUT2D eigenvalue weighted by Gasteiger charge is -2.09. The highest BCUT2D eigenvalue weighted by molar-refractivity contribution is 9.10. The summed E-state index contributed by atoms with van der Waals surface area (Å²) in [6.07, 6.45) is 0. The maximum atomic E-state index is 11.1. The van der Waals surface area contributed by atoms with Crippen molar-refractivity contribution in [3.05, 3.63) is 58.1 Å². The van der Waals surface area contributed by atoms with Crippen LogP contribution in [0, 0.1) is 0 Å². The van der Waals surface area contributed by atoms with Crippen molar-refractivity contribution in [1.82, 2.24) is 0 Å². The molecule has 0 amide bonds. The number of methoxy groups -OCH3 is 1. The van der Waals surface area contributed by atoms with E-state index < -0.39 is 5.97 Å². The molecule has 2 rings (SSSR count). The van der Waals surface area contributed by atoms with Gasteiger partial charge in [-0.1, -0.05) is 28.1 Å². The fourth-order valence-electron chi connectivity index (χ4n) is 1.74. The molecular formula is C15H13BrO4. The highest BCUT2D eigenvalue weighted by atomic mass is 79.9.